The summed E-state index contributed by atoms with van der Waals surface area (Å²) in [5.41, 5.74) is 5.51. The molecule has 0 bridgehead atoms. The van der Waals surface area contributed by atoms with E-state index in [1.165, 1.54) is 22.3 Å². The van der Waals surface area contributed by atoms with Crippen LogP contribution in [0.4, 0.5) is 0 Å². The Bertz CT molecular complexity index is 353. The lowest BCUT2D eigenvalue weighted by Gasteiger charge is -2.20. The zero-order valence-electron chi connectivity index (χ0n) is 11.1. The van der Waals surface area contributed by atoms with Gasteiger partial charge in [-0.3, -0.25) is 0 Å². The highest BCUT2D eigenvalue weighted by atomic mass is 14.9. The monoisotopic (exact) mass is 217 g/mol. The van der Waals surface area contributed by atoms with E-state index in [0.717, 1.165) is 6.54 Å². The number of likely N-dealkylation sites (N-methyl/N-ethyl adjacent to an activating group) is 1. The summed E-state index contributed by atoms with van der Waals surface area (Å²) in [5, 5.41) is 3.54. The molecule has 1 rings (SSSR count). The van der Waals surface area contributed by atoms with Gasteiger partial charge in [-0.25, -0.2) is 0 Å². The van der Waals surface area contributed by atoms with Gasteiger partial charge in [0.1, 0.15) is 0 Å². The van der Waals surface area contributed by atoms with Gasteiger partial charge in [0.2, 0.25) is 0 Å². The van der Waals surface area contributed by atoms with Crippen molar-refractivity contribution in [3.63, 3.8) is 0 Å². The quantitative estimate of drug-likeness (QED) is 0.754. The van der Waals surface area contributed by atoms with Crippen LogP contribution in [0.1, 0.15) is 43.5 Å². The summed E-state index contributed by atoms with van der Waals surface area (Å²) in [4.78, 5) is 0. The summed E-state index contributed by atoms with van der Waals surface area (Å²) >= 11 is 0. The van der Waals surface area contributed by atoms with E-state index < -0.39 is 0 Å². The summed E-state index contributed by atoms with van der Waals surface area (Å²) in [6.07, 6.45) is 2.30. The second-order valence-electron chi connectivity index (χ2n) is 4.58. The molecule has 0 radical (unpaired) electrons. The topological polar surface area (TPSA) is 12.0 Å². The Morgan fingerprint density at radius 3 is 2.25 bits per heavy atom. The summed E-state index contributed by atoms with van der Waals surface area (Å²) in [5.74, 6) is 0. The largest absolute Gasteiger partial charge is 0.307 e. The standard InChI is InChI=1S/C15H23N/c1-6-16-14(10-11(2)3)15-12(4)8-7-9-13(15)5/h7-10,14,16H,6H2,1-5H3. The third-order valence-electron chi connectivity index (χ3n) is 2.78. The number of allylic oxidation sites excluding steroid dienone is 1. The van der Waals surface area contributed by atoms with E-state index in [1.54, 1.807) is 0 Å². The van der Waals surface area contributed by atoms with Crippen molar-refractivity contribution in [2.24, 2.45) is 0 Å². The van der Waals surface area contributed by atoms with E-state index in [4.69, 9.17) is 0 Å². The minimum absolute atomic E-state index is 0.344. The van der Waals surface area contributed by atoms with Gasteiger partial charge < -0.3 is 5.32 Å². The van der Waals surface area contributed by atoms with E-state index in [9.17, 15) is 0 Å². The van der Waals surface area contributed by atoms with Crippen LogP contribution in [0.2, 0.25) is 0 Å². The van der Waals surface area contributed by atoms with Crippen LogP contribution < -0.4 is 5.32 Å². The first kappa shape index (κ1) is 13.0. The Morgan fingerprint density at radius 2 is 1.81 bits per heavy atom. The third kappa shape index (κ3) is 3.21. The van der Waals surface area contributed by atoms with Crippen molar-refractivity contribution >= 4 is 0 Å². The number of nitrogens with one attached hydrogen (secondary N) is 1. The molecule has 0 aliphatic heterocycles. The molecule has 1 unspecified atom stereocenters. The van der Waals surface area contributed by atoms with Gasteiger partial charge in [0.05, 0.1) is 6.04 Å². The molecule has 0 heterocycles. The molecule has 1 nitrogen and oxygen atoms in total. The fourth-order valence-corrected chi connectivity index (χ4v) is 2.12. The lowest BCUT2D eigenvalue weighted by Crippen LogP contribution is -2.21. The average Bonchev–Trinajstić information content (AvgIpc) is 2.16. The van der Waals surface area contributed by atoms with Gasteiger partial charge in [-0.15, -0.1) is 0 Å². The lowest BCUT2D eigenvalue weighted by molar-refractivity contribution is 0.638. The predicted molar refractivity (Wildman–Crippen MR) is 71.8 cm³/mol. The van der Waals surface area contributed by atoms with E-state index in [0.29, 0.717) is 6.04 Å². The highest BCUT2D eigenvalue weighted by Crippen LogP contribution is 2.23. The third-order valence-corrected chi connectivity index (χ3v) is 2.78. The molecule has 1 aromatic rings. The summed E-state index contributed by atoms with van der Waals surface area (Å²) in [6.45, 7) is 11.8. The fraction of sp³-hybridized carbons (Fsp3) is 0.467. The molecule has 0 amide bonds. The molecule has 0 saturated heterocycles. The zero-order chi connectivity index (χ0) is 12.1. The number of rotatable bonds is 4. The van der Waals surface area contributed by atoms with E-state index in [-0.39, 0.29) is 0 Å². The van der Waals surface area contributed by atoms with Crippen molar-refractivity contribution < 1.29 is 0 Å². The molecule has 0 aromatic heterocycles. The molecule has 1 aromatic carbocycles. The Hall–Kier alpha value is -1.08. The van der Waals surface area contributed by atoms with Gasteiger partial charge in [-0.2, -0.15) is 0 Å². The van der Waals surface area contributed by atoms with Crippen LogP contribution in [0.25, 0.3) is 0 Å². The smallest absolute Gasteiger partial charge is 0.0513 e. The summed E-state index contributed by atoms with van der Waals surface area (Å²) in [7, 11) is 0. The van der Waals surface area contributed by atoms with Crippen molar-refractivity contribution in [1.29, 1.82) is 0 Å². The average molecular weight is 217 g/mol. The van der Waals surface area contributed by atoms with E-state index in [1.807, 2.05) is 0 Å². The fourth-order valence-electron chi connectivity index (χ4n) is 2.12. The van der Waals surface area contributed by atoms with Crippen molar-refractivity contribution in [3.05, 3.63) is 46.5 Å². The van der Waals surface area contributed by atoms with Crippen LogP contribution in [0.15, 0.2) is 29.8 Å². The SMILES string of the molecule is CCNC(C=C(C)C)c1c(C)cccc1C. The molecule has 88 valence electrons. The number of hydrogen-bond acceptors (Lipinski definition) is 1. The molecule has 1 heteroatoms. The first-order chi connectivity index (χ1) is 7.56. The second-order valence-corrected chi connectivity index (χ2v) is 4.58. The first-order valence-electron chi connectivity index (χ1n) is 6.00. The lowest BCUT2D eigenvalue weighted by atomic mass is 9.95. The molecule has 16 heavy (non-hydrogen) atoms. The molecule has 0 fully saturated rings. The van der Waals surface area contributed by atoms with E-state index >= 15 is 0 Å². The second kappa shape index (κ2) is 5.86. The van der Waals surface area contributed by atoms with Crippen molar-refractivity contribution in [2.45, 2.75) is 40.7 Å². The van der Waals surface area contributed by atoms with Crippen LogP contribution >= 0.6 is 0 Å². The minimum atomic E-state index is 0.344. The zero-order valence-corrected chi connectivity index (χ0v) is 11.1. The van der Waals surface area contributed by atoms with Crippen LogP contribution in [0.5, 0.6) is 0 Å². The highest BCUT2D eigenvalue weighted by Gasteiger charge is 2.11. The molecule has 0 aliphatic carbocycles. The maximum Gasteiger partial charge on any atom is 0.0513 e. The summed E-state index contributed by atoms with van der Waals surface area (Å²) in [6, 6.07) is 6.84. The van der Waals surface area contributed by atoms with Gasteiger partial charge in [0, 0.05) is 0 Å². The molecule has 0 aliphatic rings. The maximum absolute atomic E-state index is 3.54. The number of benzene rings is 1. The van der Waals surface area contributed by atoms with Gasteiger partial charge in [-0.05, 0) is 50.9 Å². The van der Waals surface area contributed by atoms with Gasteiger partial charge in [-0.1, -0.05) is 36.8 Å². The van der Waals surface area contributed by atoms with Gasteiger partial charge in [0.15, 0.2) is 0 Å². The summed E-state index contributed by atoms with van der Waals surface area (Å²) < 4.78 is 0. The molecule has 0 spiro atoms. The predicted octanol–water partition coefficient (Wildman–Crippen LogP) is 3.92. The minimum Gasteiger partial charge on any atom is -0.307 e. The van der Waals surface area contributed by atoms with E-state index in [2.05, 4.69) is 64.2 Å². The van der Waals surface area contributed by atoms with Crippen LogP contribution in [-0.4, -0.2) is 6.54 Å². The van der Waals surface area contributed by atoms with Crippen molar-refractivity contribution in [1.82, 2.24) is 5.32 Å². The molecular formula is C15H23N. The Balaban J connectivity index is 3.15. The molecule has 1 N–H and O–H groups in total. The normalized spacial score (nSPS) is 12.3. The molecule has 0 saturated carbocycles. The van der Waals surface area contributed by atoms with Crippen molar-refractivity contribution in [3.8, 4) is 0 Å². The Kier molecular flexibility index (Phi) is 4.75. The van der Waals surface area contributed by atoms with Gasteiger partial charge >= 0.3 is 0 Å². The van der Waals surface area contributed by atoms with Crippen LogP contribution in [0, 0.1) is 13.8 Å². The van der Waals surface area contributed by atoms with Gasteiger partial charge in [0.25, 0.3) is 0 Å². The number of hydrogen-bond donors (Lipinski definition) is 1. The van der Waals surface area contributed by atoms with Crippen LogP contribution in [-0.2, 0) is 0 Å². The Labute approximate surface area is 99.6 Å². The number of aryl methyl sites for hydroxylation is 2. The van der Waals surface area contributed by atoms with Crippen molar-refractivity contribution in [2.75, 3.05) is 6.54 Å². The Morgan fingerprint density at radius 1 is 1.25 bits per heavy atom. The molecule has 1 atom stereocenters. The highest BCUT2D eigenvalue weighted by molar-refractivity contribution is 5.38. The molecular weight excluding hydrogens is 194 g/mol. The van der Waals surface area contributed by atoms with Crippen LogP contribution in [0.3, 0.4) is 0 Å². The maximum atomic E-state index is 3.54. The first-order valence-corrected chi connectivity index (χ1v) is 6.00.